The number of rotatable bonds is 8. The number of hydrogen-bond donors (Lipinski definition) is 2. The minimum absolute atomic E-state index is 0. The first-order valence-corrected chi connectivity index (χ1v) is 8.36. The molecule has 2 rings (SSSR count). The molecule has 1 heterocycles. The summed E-state index contributed by atoms with van der Waals surface area (Å²) in [6, 6.07) is 6.36. The van der Waals surface area contributed by atoms with Crippen molar-refractivity contribution in [2.45, 2.75) is 33.4 Å². The average molecular weight is 472 g/mol. The van der Waals surface area contributed by atoms with Gasteiger partial charge in [0.2, 0.25) is 0 Å². The number of aromatic nitrogens is 3. The first kappa shape index (κ1) is 22.1. The van der Waals surface area contributed by atoms with Crippen LogP contribution in [0.3, 0.4) is 0 Å². The average Bonchev–Trinajstić information content (AvgIpc) is 3.05. The van der Waals surface area contributed by atoms with Crippen LogP contribution in [0.4, 0.5) is 4.39 Å². The lowest BCUT2D eigenvalue weighted by Crippen LogP contribution is -2.39. The molecule has 0 aliphatic heterocycles. The van der Waals surface area contributed by atoms with Crippen molar-refractivity contribution in [3.8, 4) is 0 Å². The highest BCUT2D eigenvalue weighted by Gasteiger charge is 2.03. The summed E-state index contributed by atoms with van der Waals surface area (Å²) in [6.07, 6.45) is 2.58. The van der Waals surface area contributed by atoms with Gasteiger partial charge >= 0.3 is 0 Å². The van der Waals surface area contributed by atoms with Gasteiger partial charge in [0.15, 0.2) is 5.96 Å². The summed E-state index contributed by atoms with van der Waals surface area (Å²) in [5.74, 6) is 1.41. The Morgan fingerprint density at radius 1 is 1.27 bits per heavy atom. The Bertz CT molecular complexity index is 711. The minimum atomic E-state index is -0.243. The highest BCUT2D eigenvalue weighted by molar-refractivity contribution is 14.0. The van der Waals surface area contributed by atoms with Gasteiger partial charge in [0.25, 0.3) is 0 Å². The number of aliphatic imine (C=N–C) groups is 1. The monoisotopic (exact) mass is 472 g/mol. The molecule has 2 aromatic rings. The minimum Gasteiger partial charge on any atom is -0.355 e. The molecule has 0 fully saturated rings. The van der Waals surface area contributed by atoms with Crippen LogP contribution in [0.15, 0.2) is 47.7 Å². The summed E-state index contributed by atoms with van der Waals surface area (Å²) in [5, 5.41) is 14.5. The summed E-state index contributed by atoms with van der Waals surface area (Å²) in [7, 11) is 0. The van der Waals surface area contributed by atoms with Crippen molar-refractivity contribution >= 4 is 29.9 Å². The molecule has 0 radical (unpaired) electrons. The zero-order valence-corrected chi connectivity index (χ0v) is 17.5. The van der Waals surface area contributed by atoms with Gasteiger partial charge in [0, 0.05) is 26.1 Å². The normalized spacial score (nSPS) is 11.0. The van der Waals surface area contributed by atoms with Gasteiger partial charge in [0.05, 0.1) is 6.54 Å². The predicted molar refractivity (Wildman–Crippen MR) is 113 cm³/mol. The van der Waals surface area contributed by atoms with Gasteiger partial charge in [-0.25, -0.2) is 9.38 Å². The summed E-state index contributed by atoms with van der Waals surface area (Å²) in [5.41, 5.74) is 1.97. The molecular formula is C18H26FIN6. The van der Waals surface area contributed by atoms with Gasteiger partial charge in [-0.15, -0.1) is 34.2 Å². The summed E-state index contributed by atoms with van der Waals surface area (Å²) >= 11 is 0. The molecule has 142 valence electrons. The molecule has 0 amide bonds. The van der Waals surface area contributed by atoms with Gasteiger partial charge in [-0.1, -0.05) is 31.2 Å². The molecule has 0 saturated heterocycles. The summed E-state index contributed by atoms with van der Waals surface area (Å²) in [4.78, 5) is 4.55. The number of benzene rings is 1. The molecule has 0 spiro atoms. The molecule has 1 aromatic heterocycles. The Morgan fingerprint density at radius 2 is 2.00 bits per heavy atom. The SMILES string of the molecule is C=C(C)CNC(=NCc1ccc(F)cc1)NCCn1cnnc1CC.I. The molecule has 0 bridgehead atoms. The number of nitrogens with zero attached hydrogens (tertiary/aromatic N) is 4. The van der Waals surface area contributed by atoms with Crippen molar-refractivity contribution in [1.82, 2.24) is 25.4 Å². The zero-order chi connectivity index (χ0) is 18.1. The topological polar surface area (TPSA) is 67.1 Å². The third-order valence-corrected chi connectivity index (χ3v) is 3.55. The van der Waals surface area contributed by atoms with E-state index in [1.807, 2.05) is 11.5 Å². The lowest BCUT2D eigenvalue weighted by atomic mass is 10.2. The fourth-order valence-electron chi connectivity index (χ4n) is 2.20. The number of aryl methyl sites for hydroxylation is 1. The largest absolute Gasteiger partial charge is 0.355 e. The predicted octanol–water partition coefficient (Wildman–Crippen LogP) is 2.91. The van der Waals surface area contributed by atoms with E-state index in [9.17, 15) is 4.39 Å². The number of halogens is 2. The van der Waals surface area contributed by atoms with Crippen LogP contribution in [-0.2, 0) is 19.5 Å². The van der Waals surface area contributed by atoms with E-state index < -0.39 is 0 Å². The van der Waals surface area contributed by atoms with Crippen molar-refractivity contribution in [3.63, 3.8) is 0 Å². The van der Waals surface area contributed by atoms with Crippen molar-refractivity contribution in [3.05, 3.63) is 59.9 Å². The van der Waals surface area contributed by atoms with E-state index >= 15 is 0 Å². The molecule has 0 aliphatic carbocycles. The number of hydrogen-bond acceptors (Lipinski definition) is 3. The van der Waals surface area contributed by atoms with E-state index in [0.717, 1.165) is 29.9 Å². The van der Waals surface area contributed by atoms with Crippen LogP contribution in [0.25, 0.3) is 0 Å². The molecular weight excluding hydrogens is 446 g/mol. The lowest BCUT2D eigenvalue weighted by molar-refractivity contribution is 0.626. The third kappa shape index (κ3) is 7.51. The van der Waals surface area contributed by atoms with Crippen LogP contribution in [0.1, 0.15) is 25.2 Å². The maximum atomic E-state index is 13.0. The Kier molecular flexibility index (Phi) is 9.85. The Hall–Kier alpha value is -1.97. The number of nitrogens with one attached hydrogen (secondary N) is 2. The molecule has 0 unspecified atom stereocenters. The zero-order valence-electron chi connectivity index (χ0n) is 15.2. The highest BCUT2D eigenvalue weighted by Crippen LogP contribution is 2.04. The van der Waals surface area contributed by atoms with Crippen molar-refractivity contribution < 1.29 is 4.39 Å². The first-order chi connectivity index (χ1) is 12.1. The first-order valence-electron chi connectivity index (χ1n) is 8.36. The Balaban J connectivity index is 0.00000338. The number of guanidine groups is 1. The molecule has 2 N–H and O–H groups in total. The van der Waals surface area contributed by atoms with Crippen molar-refractivity contribution in [1.29, 1.82) is 0 Å². The molecule has 26 heavy (non-hydrogen) atoms. The van der Waals surface area contributed by atoms with E-state index in [-0.39, 0.29) is 29.8 Å². The smallest absolute Gasteiger partial charge is 0.191 e. The van der Waals surface area contributed by atoms with Crippen LogP contribution in [-0.4, -0.2) is 33.8 Å². The van der Waals surface area contributed by atoms with E-state index in [1.165, 1.54) is 12.1 Å². The second-order valence-corrected chi connectivity index (χ2v) is 5.82. The maximum absolute atomic E-state index is 13.0. The standard InChI is InChI=1S/C18H25FN6.HI/c1-4-17-24-23-13-25(17)10-9-20-18(21-11-14(2)3)22-12-15-5-7-16(19)8-6-15;/h5-8,13H,2,4,9-12H2,1,3H3,(H2,20,21,22);1H. The van der Waals surface area contributed by atoms with Crippen LogP contribution in [0.5, 0.6) is 0 Å². The molecule has 8 heteroatoms. The quantitative estimate of drug-likeness (QED) is 0.269. The fourth-order valence-corrected chi connectivity index (χ4v) is 2.20. The van der Waals surface area contributed by atoms with E-state index in [0.29, 0.717) is 25.6 Å². The van der Waals surface area contributed by atoms with E-state index in [2.05, 4.69) is 39.3 Å². The molecule has 6 nitrogen and oxygen atoms in total. The van der Waals surface area contributed by atoms with Crippen LogP contribution in [0, 0.1) is 5.82 Å². The van der Waals surface area contributed by atoms with Gasteiger partial charge in [-0.05, 0) is 24.6 Å². The fraction of sp³-hybridized carbons (Fsp3) is 0.389. The highest BCUT2D eigenvalue weighted by atomic mass is 127. The van der Waals surface area contributed by atoms with Gasteiger partial charge in [-0.3, -0.25) is 0 Å². The second kappa shape index (κ2) is 11.6. The van der Waals surface area contributed by atoms with Crippen LogP contribution >= 0.6 is 24.0 Å². The molecule has 0 atom stereocenters. The second-order valence-electron chi connectivity index (χ2n) is 5.82. The van der Waals surface area contributed by atoms with Crippen molar-refractivity contribution in [2.75, 3.05) is 13.1 Å². The van der Waals surface area contributed by atoms with Crippen LogP contribution in [0.2, 0.25) is 0 Å². The summed E-state index contributed by atoms with van der Waals surface area (Å²) in [6.45, 7) is 10.5. The molecule has 1 aromatic carbocycles. The van der Waals surface area contributed by atoms with Crippen LogP contribution < -0.4 is 10.6 Å². The van der Waals surface area contributed by atoms with Gasteiger partial charge < -0.3 is 15.2 Å². The lowest BCUT2D eigenvalue weighted by Gasteiger charge is -2.13. The third-order valence-electron chi connectivity index (χ3n) is 3.55. The van der Waals surface area contributed by atoms with Gasteiger partial charge in [-0.2, -0.15) is 0 Å². The van der Waals surface area contributed by atoms with Crippen molar-refractivity contribution in [2.24, 2.45) is 4.99 Å². The molecule has 0 aliphatic rings. The van der Waals surface area contributed by atoms with Gasteiger partial charge in [0.1, 0.15) is 18.0 Å². The summed E-state index contributed by atoms with van der Waals surface area (Å²) < 4.78 is 15.0. The van der Waals surface area contributed by atoms with E-state index in [4.69, 9.17) is 0 Å². The maximum Gasteiger partial charge on any atom is 0.191 e. The Morgan fingerprint density at radius 3 is 2.65 bits per heavy atom. The molecule has 0 saturated carbocycles. The Labute approximate surface area is 171 Å². The van der Waals surface area contributed by atoms with E-state index in [1.54, 1.807) is 18.5 Å².